The average Bonchev–Trinajstić information content (AvgIpc) is 1.37. The summed E-state index contributed by atoms with van der Waals surface area (Å²) in [4.78, 5) is 69.3. The molecule has 586 valence electrons. The van der Waals surface area contributed by atoms with Gasteiger partial charge in [-0.3, -0.25) is 0 Å². The van der Waals surface area contributed by atoms with Crippen LogP contribution in [0, 0.1) is 0 Å². The maximum atomic E-state index is 18.3. The first kappa shape index (κ1) is 63.4. The number of nitrogens with zero attached hydrogens (tertiary/aromatic N) is 2. The summed E-state index contributed by atoms with van der Waals surface area (Å²) in [5.41, 5.74) is 6.23. The van der Waals surface area contributed by atoms with Gasteiger partial charge in [0.25, 0.3) is 0 Å². The largest absolute Gasteiger partial charge is 0.464 e. The van der Waals surface area contributed by atoms with Gasteiger partial charge in [0.05, 0.1) is 37.3 Å². The maximum absolute atomic E-state index is 18.3. The number of hydrogen-bond donors (Lipinski definition) is 0. The van der Waals surface area contributed by atoms with Gasteiger partial charge in [-0.2, -0.15) is 0 Å². The van der Waals surface area contributed by atoms with Gasteiger partial charge in [-0.05, 0) is 374 Å². The summed E-state index contributed by atoms with van der Waals surface area (Å²) in [6, 6.07) is 13.6. The highest BCUT2D eigenvalue weighted by molar-refractivity contribution is 6.82. The number of hydrogen-bond acceptors (Lipinski definition) is 10. The van der Waals surface area contributed by atoms with Gasteiger partial charge in [0.1, 0.15) is 12.1 Å². The molecule has 36 rings (SSSR count). The first-order chi connectivity index (χ1) is 60.4. The van der Waals surface area contributed by atoms with E-state index in [-0.39, 0.29) is 37.1 Å². The van der Waals surface area contributed by atoms with Crippen LogP contribution in [-0.4, -0.2) is 74.5 Å². The SMILES string of the molecule is CCCCCCCCOC(=O)[C@@H]1[C@H](C(=O)OCCCCCCCC)N1c1ccc(-c2ccc(N3[C@@H](C(=O)OCCCCCCCC)C45c6c7c8c9c%10c%11c(c%12c%13c4c4c6c6c%14c7c7c8c8c%10c%10c%15c%11c%11c%12c%12c%13c%13c4c4c6c6c%14c%14c7c7c8c%10c8c%10c%15c%11c%11c%12c%12c%13c4c4c6c6c%14c7c8c7c%10c%11c%12c4c67)C95[C@@H]3C(=O)OCCCCCCCC)cc2)cc1. The van der Waals surface area contributed by atoms with Crippen molar-refractivity contribution in [3.8, 4) is 11.1 Å². The molecule has 0 N–H and O–H groups in total. The van der Waals surface area contributed by atoms with E-state index in [0.717, 1.165) is 125 Å². The zero-order valence-electron chi connectivity index (χ0n) is 68.9. The average molecular weight is 1580 g/mol. The molecule has 0 bridgehead atoms. The molecule has 10 heteroatoms. The van der Waals surface area contributed by atoms with Crippen molar-refractivity contribution in [3.05, 3.63) is 70.8 Å². The van der Waals surface area contributed by atoms with Gasteiger partial charge in [-0.25, -0.2) is 19.2 Å². The number of benzene rings is 20. The number of rotatable bonds is 35. The Hall–Kier alpha value is -11.6. The van der Waals surface area contributed by atoms with E-state index in [1.54, 1.807) is 32.3 Å². The van der Waals surface area contributed by atoms with Crippen LogP contribution >= 0.6 is 0 Å². The van der Waals surface area contributed by atoms with E-state index >= 15 is 9.59 Å². The van der Waals surface area contributed by atoms with Crippen LogP contribution in [0.25, 0.3) is 302 Å². The van der Waals surface area contributed by atoms with Crippen molar-refractivity contribution in [2.75, 3.05) is 36.2 Å². The van der Waals surface area contributed by atoms with Crippen molar-refractivity contribution in [2.45, 2.75) is 217 Å². The van der Waals surface area contributed by atoms with Crippen molar-refractivity contribution in [1.29, 1.82) is 0 Å². The molecular weight excluding hydrogens is 1500 g/mol. The Balaban J connectivity index is 0.641. The normalized spacial score (nSPS) is 20.7. The van der Waals surface area contributed by atoms with Gasteiger partial charge >= 0.3 is 23.9 Å². The highest BCUT2D eigenvalue weighted by Gasteiger charge is 2.83. The molecule has 2 aliphatic heterocycles. The third-order valence-corrected chi connectivity index (χ3v) is 36.2. The number of esters is 4. The predicted octanol–water partition coefficient (Wildman–Crippen LogP) is 28.4. The lowest BCUT2D eigenvalue weighted by Crippen LogP contribution is -2.59. The molecule has 0 amide bonds. The number of carbonyl (C=O) groups excluding carboxylic acids is 4. The van der Waals surface area contributed by atoms with Crippen LogP contribution in [0.1, 0.15) is 204 Å². The fraction of sp³-hybridized carbons (Fsp3) is 0.339. The second-order valence-electron chi connectivity index (χ2n) is 40.7. The number of carbonyl (C=O) groups is 4. The Morgan fingerprint density at radius 1 is 0.213 bits per heavy atom. The molecule has 2 spiro atoms. The molecule has 10 nitrogen and oxygen atoms in total. The van der Waals surface area contributed by atoms with Crippen LogP contribution in [-0.2, 0) is 49.0 Å². The Labute approximate surface area is 694 Å². The molecular formula is C112H80N2O8. The van der Waals surface area contributed by atoms with Crippen LogP contribution in [0.2, 0.25) is 0 Å². The first-order valence-corrected chi connectivity index (χ1v) is 47.6. The fourth-order valence-electron chi connectivity index (χ4n) is 33.0. The molecule has 6 aliphatic rings. The smallest absolute Gasteiger partial charge is 0.331 e. The molecule has 2 heterocycles. The molecule has 0 aromatic heterocycles. The van der Waals surface area contributed by atoms with Crippen LogP contribution in [0.3, 0.4) is 0 Å². The Bertz CT molecular complexity index is 8620. The fourth-order valence-corrected chi connectivity index (χ4v) is 33.0. The van der Waals surface area contributed by atoms with Gasteiger partial charge in [0, 0.05) is 11.4 Å². The number of unbranched alkanes of at least 4 members (excludes halogenated alkanes) is 20. The van der Waals surface area contributed by atoms with Crippen molar-refractivity contribution in [3.63, 3.8) is 0 Å². The van der Waals surface area contributed by atoms with Crippen LogP contribution in [0.5, 0.6) is 0 Å². The van der Waals surface area contributed by atoms with Crippen LogP contribution in [0.15, 0.2) is 48.5 Å². The van der Waals surface area contributed by atoms with Gasteiger partial charge < -0.3 is 28.7 Å². The minimum Gasteiger partial charge on any atom is -0.464 e. The van der Waals surface area contributed by atoms with Gasteiger partial charge in [0.15, 0.2) is 12.1 Å². The summed E-state index contributed by atoms with van der Waals surface area (Å²) < 4.78 is 26.9. The number of ether oxygens (including phenoxy) is 4. The summed E-state index contributed by atoms with van der Waals surface area (Å²) in [5, 5.41) is 79.2. The van der Waals surface area contributed by atoms with E-state index in [9.17, 15) is 9.59 Å². The molecule has 30 aromatic carbocycles. The lowest BCUT2D eigenvalue weighted by molar-refractivity contribution is -0.147. The topological polar surface area (TPSA) is 111 Å². The number of anilines is 2. The highest BCUT2D eigenvalue weighted by atomic mass is 16.6. The maximum Gasteiger partial charge on any atom is 0.331 e. The molecule has 0 unspecified atom stereocenters. The third kappa shape index (κ3) is 5.53. The van der Waals surface area contributed by atoms with Gasteiger partial charge in [0.2, 0.25) is 0 Å². The predicted molar refractivity (Wildman–Crippen MR) is 503 cm³/mol. The molecule has 2 saturated heterocycles. The van der Waals surface area contributed by atoms with Gasteiger partial charge in [-0.1, -0.05) is 180 Å². The zero-order valence-corrected chi connectivity index (χ0v) is 68.9. The van der Waals surface area contributed by atoms with Gasteiger partial charge in [-0.15, -0.1) is 0 Å². The standard InChI is InChI=1S/C112H80N2O8/c1-5-9-13-17-21-25-37-119-107(115)103-104(108(116)120-38-26-22-18-14-10-6-2)113(103)43-33-29-41(30-34-43)42-31-35-44(36-32-42)114-105(109(117)121-39-27-23-19-15-11-7-3)111-99-91-83-73-63-55-47-45-46-49-53-51(47)59-67-61(53)71-65-57(49)58-50(46)54-52-48(45)56(55)64-70-60(52)68-62(54)72-66(58)76-75(65)85-79(71)89-81(67)87(77(83)69(59)63)95(99)97(89)101-93(85)94-86(76)80(72)90-82(68)88-78(70)84(74(64)73)92(91)100(111)96(88)98(90)102(94)112(101,111)106(114)110(118)122-40-28-24-20-16-12-8-4/h29-36,103-106H,5-28,37-40H2,1-4H3/t103-,104+,105-,106-,111?,112?,113?/m0/s1. The molecule has 0 saturated carbocycles. The van der Waals surface area contributed by atoms with Crippen molar-refractivity contribution in [2.24, 2.45) is 0 Å². The van der Waals surface area contributed by atoms with E-state index < -0.39 is 35.0 Å². The quantitative estimate of drug-likeness (QED) is 0.0125. The zero-order chi connectivity index (χ0) is 78.9. The van der Waals surface area contributed by atoms with Crippen molar-refractivity contribution < 1.29 is 38.1 Å². The summed E-state index contributed by atoms with van der Waals surface area (Å²) in [6.45, 7) is 10.2. The summed E-state index contributed by atoms with van der Waals surface area (Å²) in [5.74, 6) is -1.25. The second kappa shape index (κ2) is 19.5. The summed E-state index contributed by atoms with van der Waals surface area (Å²) in [6.07, 6.45) is 25.6. The van der Waals surface area contributed by atoms with E-state index in [4.69, 9.17) is 18.9 Å². The van der Waals surface area contributed by atoms with Crippen molar-refractivity contribution in [1.82, 2.24) is 0 Å². The highest BCUT2D eigenvalue weighted by Crippen LogP contribution is 2.87. The monoisotopic (exact) mass is 1580 g/mol. The Kier molecular flexibility index (Phi) is 10.1. The molecule has 2 fully saturated rings. The Morgan fingerprint density at radius 3 is 0.574 bits per heavy atom. The lowest BCUT2D eigenvalue weighted by atomic mass is 9.46. The van der Waals surface area contributed by atoms with E-state index in [2.05, 4.69) is 69.0 Å². The molecule has 4 atom stereocenters. The molecule has 30 aromatic rings. The minimum absolute atomic E-state index is 0.245. The van der Waals surface area contributed by atoms with Crippen LogP contribution < -0.4 is 9.80 Å². The third-order valence-electron chi connectivity index (χ3n) is 36.2. The lowest BCUT2D eigenvalue weighted by Gasteiger charge is -2.51. The summed E-state index contributed by atoms with van der Waals surface area (Å²) in [7, 11) is 0. The van der Waals surface area contributed by atoms with Crippen LogP contribution in [0.4, 0.5) is 11.4 Å². The summed E-state index contributed by atoms with van der Waals surface area (Å²) >= 11 is 0. The minimum atomic E-state index is -1.23. The van der Waals surface area contributed by atoms with E-state index in [1.807, 2.05) is 17.0 Å². The second-order valence-corrected chi connectivity index (χ2v) is 40.7. The van der Waals surface area contributed by atoms with E-state index in [0.29, 0.717) is 13.2 Å². The Morgan fingerprint density at radius 2 is 0.377 bits per heavy atom. The van der Waals surface area contributed by atoms with E-state index in [1.165, 1.54) is 332 Å². The molecule has 4 aliphatic carbocycles. The molecule has 0 radical (unpaired) electrons. The van der Waals surface area contributed by atoms with Crippen molar-refractivity contribution >= 4 is 326 Å². The first-order valence-electron chi connectivity index (χ1n) is 47.6. The molecule has 122 heavy (non-hydrogen) atoms.